The monoisotopic (exact) mass is 676 g/mol. The molecule has 2 nitrogen and oxygen atoms in total. The van der Waals surface area contributed by atoms with E-state index in [9.17, 15) is 0 Å². The average molecular weight is 677 g/mol. The van der Waals surface area contributed by atoms with Crippen molar-refractivity contribution in [1.82, 2.24) is 9.13 Å². The molecule has 10 aromatic rings. The lowest BCUT2D eigenvalue weighted by Crippen LogP contribution is -2.14. The third kappa shape index (κ3) is 4.33. The molecule has 2 heterocycles. The van der Waals surface area contributed by atoms with Crippen LogP contribution in [-0.4, -0.2) is 9.13 Å². The normalized spacial score (nSPS) is 13.2. The molecule has 11 rings (SSSR count). The maximum atomic E-state index is 2.48. The van der Waals surface area contributed by atoms with Crippen molar-refractivity contribution in [3.8, 4) is 44.8 Å². The number of benzene rings is 8. The standard InChI is InChI=1S/C51H36N2/c1-51(2)45-17-9-6-14-39(45)44-32-36(24-31-46(44)51)35-22-27-38(28-23-35)53-48-19-11-8-16-41(48)43-30-29-42-40-15-7-10-18-47(40)52(49(42)50(43)53)37-25-20-34(21-26-37)33-12-4-3-5-13-33/h3-32H,1-2H3. The zero-order valence-corrected chi connectivity index (χ0v) is 29.7. The Morgan fingerprint density at radius 2 is 0.792 bits per heavy atom. The molecule has 2 aromatic heterocycles. The number of hydrogen-bond donors (Lipinski definition) is 0. The van der Waals surface area contributed by atoms with E-state index in [0.29, 0.717) is 0 Å². The fourth-order valence-corrected chi connectivity index (χ4v) is 9.17. The van der Waals surface area contributed by atoms with E-state index in [2.05, 4.69) is 205 Å². The SMILES string of the molecule is CC1(C)c2ccccc2-c2cc(-c3ccc(-n4c5ccccc5c5ccc6c7ccccc7n(-c7ccc(-c8ccccc8)cc7)c6c54)cc3)ccc21. The van der Waals surface area contributed by atoms with Gasteiger partial charge in [0, 0.05) is 38.3 Å². The molecule has 2 heteroatoms. The van der Waals surface area contributed by atoms with E-state index in [1.165, 1.54) is 88.1 Å². The smallest absolute Gasteiger partial charge is 0.0788 e. The fourth-order valence-electron chi connectivity index (χ4n) is 9.17. The second kappa shape index (κ2) is 11.2. The van der Waals surface area contributed by atoms with Crippen LogP contribution in [0.15, 0.2) is 182 Å². The van der Waals surface area contributed by atoms with Crippen LogP contribution < -0.4 is 0 Å². The summed E-state index contributed by atoms with van der Waals surface area (Å²) in [5, 5.41) is 5.01. The first-order chi connectivity index (χ1) is 26.1. The summed E-state index contributed by atoms with van der Waals surface area (Å²) in [6.07, 6.45) is 0. The molecule has 0 N–H and O–H groups in total. The van der Waals surface area contributed by atoms with Crippen molar-refractivity contribution in [2.45, 2.75) is 19.3 Å². The molecule has 0 bridgehead atoms. The van der Waals surface area contributed by atoms with Gasteiger partial charge in [-0.1, -0.05) is 153 Å². The second-order valence-corrected chi connectivity index (χ2v) is 15.0. The molecule has 1 aliphatic rings. The van der Waals surface area contributed by atoms with Crippen LogP contribution in [-0.2, 0) is 5.41 Å². The third-order valence-electron chi connectivity index (χ3n) is 11.7. The molecule has 0 spiro atoms. The first-order valence-electron chi connectivity index (χ1n) is 18.5. The first kappa shape index (κ1) is 30.0. The van der Waals surface area contributed by atoms with Crippen LogP contribution in [0, 0.1) is 0 Å². The van der Waals surface area contributed by atoms with Crippen LogP contribution in [0.4, 0.5) is 0 Å². The Bertz CT molecular complexity index is 3050. The molecule has 0 atom stereocenters. The van der Waals surface area contributed by atoms with Gasteiger partial charge in [0.2, 0.25) is 0 Å². The number of para-hydroxylation sites is 2. The van der Waals surface area contributed by atoms with Gasteiger partial charge in [-0.05, 0) is 87.0 Å². The number of aromatic nitrogens is 2. The number of fused-ring (bicyclic) bond motifs is 10. The summed E-state index contributed by atoms with van der Waals surface area (Å²) >= 11 is 0. The minimum Gasteiger partial charge on any atom is -0.307 e. The van der Waals surface area contributed by atoms with E-state index in [-0.39, 0.29) is 5.41 Å². The largest absolute Gasteiger partial charge is 0.307 e. The summed E-state index contributed by atoms with van der Waals surface area (Å²) in [6, 6.07) is 67.1. The van der Waals surface area contributed by atoms with Gasteiger partial charge in [-0.15, -0.1) is 0 Å². The predicted octanol–water partition coefficient (Wildman–Crippen LogP) is 13.5. The zero-order valence-electron chi connectivity index (χ0n) is 29.7. The lowest BCUT2D eigenvalue weighted by Gasteiger charge is -2.21. The molecule has 0 fully saturated rings. The van der Waals surface area contributed by atoms with Crippen molar-refractivity contribution in [2.75, 3.05) is 0 Å². The predicted molar refractivity (Wildman–Crippen MR) is 224 cm³/mol. The average Bonchev–Trinajstić information content (AvgIpc) is 3.82. The highest BCUT2D eigenvalue weighted by atomic mass is 15.0. The Balaban J connectivity index is 1.12. The molecule has 1 aliphatic carbocycles. The van der Waals surface area contributed by atoms with Gasteiger partial charge in [-0.25, -0.2) is 0 Å². The van der Waals surface area contributed by atoms with Crippen LogP contribution in [0.5, 0.6) is 0 Å². The molecular formula is C51H36N2. The maximum Gasteiger partial charge on any atom is 0.0788 e. The molecule has 8 aromatic carbocycles. The summed E-state index contributed by atoms with van der Waals surface area (Å²) in [5.41, 5.74) is 17.6. The van der Waals surface area contributed by atoms with E-state index in [1.807, 2.05) is 0 Å². The summed E-state index contributed by atoms with van der Waals surface area (Å²) < 4.78 is 4.95. The van der Waals surface area contributed by atoms with Gasteiger partial charge in [-0.2, -0.15) is 0 Å². The second-order valence-electron chi connectivity index (χ2n) is 15.0. The van der Waals surface area contributed by atoms with Gasteiger partial charge in [0.25, 0.3) is 0 Å². The van der Waals surface area contributed by atoms with Gasteiger partial charge in [-0.3, -0.25) is 0 Å². The lowest BCUT2D eigenvalue weighted by molar-refractivity contribution is 0.660. The number of hydrogen-bond acceptors (Lipinski definition) is 0. The molecule has 0 amide bonds. The van der Waals surface area contributed by atoms with E-state index in [4.69, 9.17) is 0 Å². The van der Waals surface area contributed by atoms with E-state index < -0.39 is 0 Å². The minimum atomic E-state index is 0.00256. The van der Waals surface area contributed by atoms with Crippen molar-refractivity contribution in [3.05, 3.63) is 193 Å². The lowest BCUT2D eigenvalue weighted by atomic mass is 9.82. The van der Waals surface area contributed by atoms with E-state index >= 15 is 0 Å². The van der Waals surface area contributed by atoms with Crippen molar-refractivity contribution in [1.29, 1.82) is 0 Å². The molecule has 0 unspecified atom stereocenters. The highest BCUT2D eigenvalue weighted by Gasteiger charge is 2.35. The Hall–Kier alpha value is -6.64. The van der Waals surface area contributed by atoms with Crippen molar-refractivity contribution < 1.29 is 0 Å². The van der Waals surface area contributed by atoms with Crippen molar-refractivity contribution in [3.63, 3.8) is 0 Å². The summed E-state index contributed by atoms with van der Waals surface area (Å²) in [4.78, 5) is 0. The third-order valence-corrected chi connectivity index (χ3v) is 11.7. The van der Waals surface area contributed by atoms with Gasteiger partial charge in [0.15, 0.2) is 0 Å². The minimum absolute atomic E-state index is 0.00256. The summed E-state index contributed by atoms with van der Waals surface area (Å²) in [6.45, 7) is 4.68. The van der Waals surface area contributed by atoms with E-state index in [1.54, 1.807) is 0 Å². The first-order valence-corrected chi connectivity index (χ1v) is 18.5. The number of rotatable bonds is 4. The van der Waals surface area contributed by atoms with Gasteiger partial charge in [0.05, 0.1) is 22.1 Å². The fraction of sp³-hybridized carbons (Fsp3) is 0.0588. The number of nitrogens with zero attached hydrogens (tertiary/aromatic N) is 2. The quantitative estimate of drug-likeness (QED) is 0.176. The van der Waals surface area contributed by atoms with Gasteiger partial charge in [0.1, 0.15) is 0 Å². The van der Waals surface area contributed by atoms with Crippen molar-refractivity contribution in [2.24, 2.45) is 0 Å². The Labute approximate surface area is 308 Å². The highest BCUT2D eigenvalue weighted by Crippen LogP contribution is 2.49. The van der Waals surface area contributed by atoms with Crippen LogP contribution in [0.1, 0.15) is 25.0 Å². The topological polar surface area (TPSA) is 9.86 Å². The molecule has 0 aliphatic heterocycles. The zero-order chi connectivity index (χ0) is 35.3. The summed E-state index contributed by atoms with van der Waals surface area (Å²) in [7, 11) is 0. The van der Waals surface area contributed by atoms with Crippen molar-refractivity contribution >= 4 is 43.6 Å². The van der Waals surface area contributed by atoms with Crippen LogP contribution >= 0.6 is 0 Å². The van der Waals surface area contributed by atoms with E-state index in [0.717, 1.165) is 11.4 Å². The van der Waals surface area contributed by atoms with Crippen LogP contribution in [0.3, 0.4) is 0 Å². The van der Waals surface area contributed by atoms with Crippen LogP contribution in [0.2, 0.25) is 0 Å². The molecule has 0 radical (unpaired) electrons. The molecule has 0 saturated heterocycles. The molecule has 0 saturated carbocycles. The Morgan fingerprint density at radius 1 is 0.340 bits per heavy atom. The van der Waals surface area contributed by atoms with Gasteiger partial charge >= 0.3 is 0 Å². The molecule has 53 heavy (non-hydrogen) atoms. The molecule has 250 valence electrons. The van der Waals surface area contributed by atoms with Gasteiger partial charge < -0.3 is 9.13 Å². The summed E-state index contributed by atoms with van der Waals surface area (Å²) in [5.74, 6) is 0. The maximum absolute atomic E-state index is 2.48. The van der Waals surface area contributed by atoms with Crippen LogP contribution in [0.25, 0.3) is 88.4 Å². The molecular weight excluding hydrogens is 641 g/mol. The Morgan fingerprint density at radius 3 is 1.40 bits per heavy atom. The Kier molecular flexibility index (Phi) is 6.33. The highest BCUT2D eigenvalue weighted by molar-refractivity contribution is 6.23.